The van der Waals surface area contributed by atoms with E-state index in [0.29, 0.717) is 17.3 Å². The summed E-state index contributed by atoms with van der Waals surface area (Å²) < 4.78 is 7.39. The molecule has 8 heteroatoms. The molecule has 30 heavy (non-hydrogen) atoms. The zero-order valence-corrected chi connectivity index (χ0v) is 18.7. The number of hydrogen-bond acceptors (Lipinski definition) is 6. The molecule has 2 aromatic carbocycles. The number of hydrogen-bond donors (Lipinski definition) is 0. The number of ether oxygens (including phenoxy) is 1. The van der Waals surface area contributed by atoms with Crippen LogP contribution in [-0.2, 0) is 12.3 Å². The first kappa shape index (κ1) is 20.7. The molecule has 0 atom stereocenters. The van der Waals surface area contributed by atoms with Crippen molar-refractivity contribution < 1.29 is 4.74 Å². The highest BCUT2D eigenvalue weighted by molar-refractivity contribution is 7.98. The fourth-order valence-electron chi connectivity index (χ4n) is 2.93. The van der Waals surface area contributed by atoms with Gasteiger partial charge in [0, 0.05) is 28.8 Å². The number of nitrogens with zero attached hydrogens (tertiary/aromatic N) is 4. The van der Waals surface area contributed by atoms with Crippen molar-refractivity contribution in [1.29, 1.82) is 0 Å². The Morgan fingerprint density at radius 1 is 1.20 bits per heavy atom. The largest absolute Gasteiger partial charge is 0.497 e. The number of thioether (sulfide) groups is 1. The highest BCUT2D eigenvalue weighted by atomic mass is 35.5. The molecule has 2 aromatic heterocycles. The summed E-state index contributed by atoms with van der Waals surface area (Å²) in [7, 11) is 1.65. The predicted molar refractivity (Wildman–Crippen MR) is 124 cm³/mol. The summed E-state index contributed by atoms with van der Waals surface area (Å²) in [6, 6.07) is 15.6. The van der Waals surface area contributed by atoms with E-state index < -0.39 is 0 Å². The van der Waals surface area contributed by atoms with Crippen molar-refractivity contribution >= 4 is 34.7 Å². The van der Waals surface area contributed by atoms with E-state index in [0.717, 1.165) is 38.6 Å². The van der Waals surface area contributed by atoms with Crippen molar-refractivity contribution in [2.24, 2.45) is 0 Å². The predicted octanol–water partition coefficient (Wildman–Crippen LogP) is 6.21. The Kier molecular flexibility index (Phi) is 6.52. The molecule has 0 aliphatic heterocycles. The molecule has 0 spiro atoms. The summed E-state index contributed by atoms with van der Waals surface area (Å²) in [5.74, 6) is 2.25. The first-order valence-electron chi connectivity index (χ1n) is 9.20. The van der Waals surface area contributed by atoms with Gasteiger partial charge in [-0.25, -0.2) is 4.98 Å². The summed E-state index contributed by atoms with van der Waals surface area (Å²) in [6.07, 6.45) is 1.84. The van der Waals surface area contributed by atoms with E-state index in [1.165, 1.54) is 0 Å². The molecule has 152 valence electrons. The molecule has 4 aromatic rings. The van der Waals surface area contributed by atoms with Gasteiger partial charge in [0.25, 0.3) is 0 Å². The standard InChI is InChI=1S/C22H19ClN4OS2/c1-3-11-27-20(15-7-6-8-17(12-15)28-2)25-26-22(27)30-14-16-13-29-21(24-16)18-9-4-5-10-19(18)23/h3-10,12-13H,1,11,14H2,2H3. The van der Waals surface area contributed by atoms with Crippen LogP contribution in [0.25, 0.3) is 22.0 Å². The lowest BCUT2D eigenvalue weighted by Crippen LogP contribution is -2.01. The van der Waals surface area contributed by atoms with Gasteiger partial charge in [0.2, 0.25) is 0 Å². The third-order valence-corrected chi connectivity index (χ3v) is 6.62. The number of allylic oxidation sites excluding steroid dienone is 1. The van der Waals surface area contributed by atoms with Crippen LogP contribution in [0, 0.1) is 0 Å². The van der Waals surface area contributed by atoms with Crippen LogP contribution in [0.4, 0.5) is 0 Å². The molecule has 4 rings (SSSR count). The fourth-order valence-corrected chi connectivity index (χ4v) is 5.02. The lowest BCUT2D eigenvalue weighted by molar-refractivity contribution is 0.415. The Morgan fingerprint density at radius 3 is 2.87 bits per heavy atom. The Morgan fingerprint density at radius 2 is 2.07 bits per heavy atom. The highest BCUT2D eigenvalue weighted by Gasteiger charge is 2.15. The molecule has 0 amide bonds. The SMILES string of the molecule is C=CCn1c(SCc2csc(-c3ccccc3Cl)n2)nnc1-c1cccc(OC)c1. The minimum absolute atomic E-state index is 0.615. The second kappa shape index (κ2) is 9.47. The normalized spacial score (nSPS) is 10.9. The first-order chi connectivity index (χ1) is 14.7. The minimum Gasteiger partial charge on any atom is -0.497 e. The van der Waals surface area contributed by atoms with Crippen LogP contribution in [-0.4, -0.2) is 26.9 Å². The van der Waals surface area contributed by atoms with Crippen LogP contribution >= 0.6 is 34.7 Å². The Labute approximate surface area is 188 Å². The van der Waals surface area contributed by atoms with Gasteiger partial charge in [0.15, 0.2) is 11.0 Å². The zero-order chi connectivity index (χ0) is 20.9. The zero-order valence-electron chi connectivity index (χ0n) is 16.3. The van der Waals surface area contributed by atoms with E-state index in [-0.39, 0.29) is 0 Å². The van der Waals surface area contributed by atoms with Gasteiger partial charge in [0.1, 0.15) is 10.8 Å². The van der Waals surface area contributed by atoms with Crippen LogP contribution in [0.15, 0.2) is 71.7 Å². The highest BCUT2D eigenvalue weighted by Crippen LogP contribution is 2.32. The maximum absolute atomic E-state index is 6.30. The molecular weight excluding hydrogens is 436 g/mol. The molecule has 0 saturated carbocycles. The topological polar surface area (TPSA) is 52.8 Å². The van der Waals surface area contributed by atoms with Gasteiger partial charge in [-0.3, -0.25) is 4.57 Å². The van der Waals surface area contributed by atoms with E-state index in [1.807, 2.05) is 59.2 Å². The average molecular weight is 455 g/mol. The third kappa shape index (κ3) is 4.43. The third-order valence-electron chi connectivity index (χ3n) is 4.36. The van der Waals surface area contributed by atoms with Gasteiger partial charge in [0.05, 0.1) is 17.8 Å². The van der Waals surface area contributed by atoms with Gasteiger partial charge >= 0.3 is 0 Å². The Balaban J connectivity index is 1.55. The van der Waals surface area contributed by atoms with E-state index in [1.54, 1.807) is 30.2 Å². The van der Waals surface area contributed by atoms with Gasteiger partial charge in [-0.2, -0.15) is 0 Å². The molecule has 0 radical (unpaired) electrons. The molecule has 0 aliphatic carbocycles. The molecule has 5 nitrogen and oxygen atoms in total. The number of methoxy groups -OCH3 is 1. The van der Waals surface area contributed by atoms with Crippen LogP contribution in [0.2, 0.25) is 5.02 Å². The van der Waals surface area contributed by atoms with Gasteiger partial charge < -0.3 is 4.74 Å². The second-order valence-corrected chi connectivity index (χ2v) is 8.56. The molecule has 0 fully saturated rings. The number of thiazole rings is 1. The molecule has 0 saturated heterocycles. The van der Waals surface area contributed by atoms with Crippen LogP contribution in [0.3, 0.4) is 0 Å². The number of halogens is 1. The first-order valence-corrected chi connectivity index (χ1v) is 11.4. The second-order valence-electron chi connectivity index (χ2n) is 6.35. The lowest BCUT2D eigenvalue weighted by Gasteiger charge is -2.08. The fraction of sp³-hybridized carbons (Fsp3) is 0.136. The maximum Gasteiger partial charge on any atom is 0.192 e. The Hall–Kier alpha value is -2.61. The van der Waals surface area contributed by atoms with Crippen molar-refractivity contribution in [1.82, 2.24) is 19.7 Å². The monoisotopic (exact) mass is 454 g/mol. The summed E-state index contributed by atoms with van der Waals surface area (Å²) >= 11 is 9.49. The minimum atomic E-state index is 0.615. The van der Waals surface area contributed by atoms with Crippen molar-refractivity contribution in [3.05, 3.63) is 77.3 Å². The van der Waals surface area contributed by atoms with Crippen molar-refractivity contribution in [3.8, 4) is 27.7 Å². The Bertz CT molecular complexity index is 1170. The van der Waals surface area contributed by atoms with E-state index in [4.69, 9.17) is 21.3 Å². The van der Waals surface area contributed by atoms with E-state index in [9.17, 15) is 0 Å². The van der Waals surface area contributed by atoms with Crippen LogP contribution in [0.1, 0.15) is 5.69 Å². The van der Waals surface area contributed by atoms with Gasteiger partial charge in [-0.15, -0.1) is 28.1 Å². The van der Waals surface area contributed by atoms with Gasteiger partial charge in [-0.05, 0) is 18.2 Å². The maximum atomic E-state index is 6.30. The van der Waals surface area contributed by atoms with Crippen molar-refractivity contribution in [2.75, 3.05) is 7.11 Å². The molecular formula is C22H19ClN4OS2. The quantitative estimate of drug-likeness (QED) is 0.234. The van der Waals surface area contributed by atoms with Crippen molar-refractivity contribution in [2.45, 2.75) is 17.5 Å². The number of rotatable bonds is 8. The van der Waals surface area contributed by atoms with E-state index in [2.05, 4.69) is 22.2 Å². The molecule has 0 bridgehead atoms. The van der Waals surface area contributed by atoms with Gasteiger partial charge in [-0.1, -0.05) is 59.8 Å². The summed E-state index contributed by atoms with van der Waals surface area (Å²) in [5, 5.41) is 13.3. The van der Waals surface area contributed by atoms with E-state index >= 15 is 0 Å². The number of aromatic nitrogens is 4. The van der Waals surface area contributed by atoms with Crippen LogP contribution in [0.5, 0.6) is 5.75 Å². The summed E-state index contributed by atoms with van der Waals surface area (Å²) in [5.41, 5.74) is 2.89. The lowest BCUT2D eigenvalue weighted by atomic mass is 10.2. The number of benzene rings is 2. The smallest absolute Gasteiger partial charge is 0.192 e. The average Bonchev–Trinajstić information content (AvgIpc) is 3.40. The molecule has 0 N–H and O–H groups in total. The summed E-state index contributed by atoms with van der Waals surface area (Å²) in [6.45, 7) is 4.49. The molecule has 2 heterocycles. The molecule has 0 aliphatic rings. The van der Waals surface area contributed by atoms with Crippen molar-refractivity contribution in [3.63, 3.8) is 0 Å². The summed E-state index contributed by atoms with van der Waals surface area (Å²) in [4.78, 5) is 4.74. The molecule has 0 unspecified atom stereocenters. The van der Waals surface area contributed by atoms with Crippen LogP contribution < -0.4 is 4.74 Å².